The lowest BCUT2D eigenvalue weighted by atomic mass is 10.1. The number of fused-ring (bicyclic) bond motifs is 1. The number of carbonyl (C=O) groups is 1. The highest BCUT2D eigenvalue weighted by molar-refractivity contribution is 7.89. The number of benzene rings is 2. The minimum Gasteiger partial charge on any atom is -0.339 e. The van der Waals surface area contributed by atoms with E-state index in [1.54, 1.807) is 41.4 Å². The molecule has 0 N–H and O–H groups in total. The molecule has 0 aliphatic carbocycles. The summed E-state index contributed by atoms with van der Waals surface area (Å²) < 4.78 is 28.8. The lowest BCUT2D eigenvalue weighted by Gasteiger charge is -2.34. The number of sulfonamides is 1. The van der Waals surface area contributed by atoms with Crippen LogP contribution in [0.2, 0.25) is 0 Å². The van der Waals surface area contributed by atoms with Crippen LogP contribution < -0.4 is 5.56 Å². The highest BCUT2D eigenvalue weighted by atomic mass is 32.2. The lowest BCUT2D eigenvalue weighted by Crippen LogP contribution is -2.51. The van der Waals surface area contributed by atoms with E-state index in [2.05, 4.69) is 0 Å². The lowest BCUT2D eigenvalue weighted by molar-refractivity contribution is -0.133. The first-order chi connectivity index (χ1) is 13.9. The first kappa shape index (κ1) is 19.4. The monoisotopic (exact) mass is 411 g/mol. The minimum atomic E-state index is -3.63. The molecule has 0 spiro atoms. The zero-order valence-electron chi connectivity index (χ0n) is 15.8. The van der Waals surface area contributed by atoms with Gasteiger partial charge in [0.2, 0.25) is 15.9 Å². The Morgan fingerprint density at radius 3 is 2.28 bits per heavy atom. The van der Waals surface area contributed by atoms with Crippen molar-refractivity contribution in [3.8, 4) is 0 Å². The quantitative estimate of drug-likeness (QED) is 0.652. The summed E-state index contributed by atoms with van der Waals surface area (Å²) in [5.41, 5.74) is -0.238. The van der Waals surface area contributed by atoms with Crippen LogP contribution in [0.1, 0.15) is 0 Å². The van der Waals surface area contributed by atoms with E-state index in [9.17, 15) is 18.0 Å². The van der Waals surface area contributed by atoms with Crippen LogP contribution in [0.5, 0.6) is 0 Å². The second kappa shape index (κ2) is 7.81. The molecular formula is C21H21N3O4S. The predicted molar refractivity (Wildman–Crippen MR) is 110 cm³/mol. The molecule has 3 aromatic rings. The van der Waals surface area contributed by atoms with Gasteiger partial charge in [-0.2, -0.15) is 4.31 Å². The molecule has 29 heavy (non-hydrogen) atoms. The smallest absolute Gasteiger partial charge is 0.250 e. The fourth-order valence-electron chi connectivity index (χ4n) is 3.49. The largest absolute Gasteiger partial charge is 0.339 e. The summed E-state index contributed by atoms with van der Waals surface area (Å²) >= 11 is 0. The molecule has 1 fully saturated rings. The summed E-state index contributed by atoms with van der Waals surface area (Å²) in [6.45, 7) is 1.01. The molecule has 1 aromatic heterocycles. The predicted octanol–water partition coefficient (Wildman–Crippen LogP) is 1.53. The standard InChI is InChI=1S/C21H21N3O4S/c25-20-7-3-4-10-23(20)16-21(26)22-11-13-24(14-12-22)29(27,28)19-9-8-17-5-1-2-6-18(17)15-19/h1-10,15H,11-14,16H2. The third-order valence-corrected chi connectivity index (χ3v) is 7.05. The molecule has 1 saturated heterocycles. The zero-order valence-corrected chi connectivity index (χ0v) is 16.6. The van der Waals surface area contributed by atoms with Gasteiger partial charge in [0.05, 0.1) is 4.90 Å². The van der Waals surface area contributed by atoms with Crippen LogP contribution in [-0.4, -0.2) is 54.3 Å². The first-order valence-electron chi connectivity index (χ1n) is 9.37. The normalized spacial score (nSPS) is 15.5. The summed E-state index contributed by atoms with van der Waals surface area (Å²) in [4.78, 5) is 26.1. The van der Waals surface area contributed by atoms with E-state index < -0.39 is 10.0 Å². The van der Waals surface area contributed by atoms with Crippen LogP contribution in [0.15, 0.2) is 76.6 Å². The van der Waals surface area contributed by atoms with Gasteiger partial charge >= 0.3 is 0 Å². The molecule has 1 aliphatic heterocycles. The molecule has 0 radical (unpaired) electrons. The van der Waals surface area contributed by atoms with Crippen molar-refractivity contribution in [2.45, 2.75) is 11.4 Å². The second-order valence-electron chi connectivity index (χ2n) is 6.96. The van der Waals surface area contributed by atoms with E-state index in [1.807, 2.05) is 24.3 Å². The number of aromatic nitrogens is 1. The van der Waals surface area contributed by atoms with E-state index in [1.165, 1.54) is 14.9 Å². The van der Waals surface area contributed by atoms with Crippen LogP contribution in [0.3, 0.4) is 0 Å². The number of pyridine rings is 1. The fraction of sp³-hybridized carbons (Fsp3) is 0.238. The van der Waals surface area contributed by atoms with Gasteiger partial charge in [-0.05, 0) is 29.0 Å². The Kier molecular flexibility index (Phi) is 5.21. The molecule has 8 heteroatoms. The number of rotatable bonds is 4. The molecule has 4 rings (SSSR count). The summed E-state index contributed by atoms with van der Waals surface area (Å²) in [5.74, 6) is -0.193. The Hall–Kier alpha value is -2.97. The first-order valence-corrected chi connectivity index (χ1v) is 10.8. The second-order valence-corrected chi connectivity index (χ2v) is 8.90. The number of amides is 1. The Labute approximate surface area is 168 Å². The van der Waals surface area contributed by atoms with Crippen LogP contribution >= 0.6 is 0 Å². The molecule has 0 atom stereocenters. The van der Waals surface area contributed by atoms with Crippen LogP contribution in [0.25, 0.3) is 10.8 Å². The molecule has 1 aliphatic rings. The van der Waals surface area contributed by atoms with E-state index in [4.69, 9.17) is 0 Å². The molecule has 2 aromatic carbocycles. The third-order valence-electron chi connectivity index (χ3n) is 5.15. The van der Waals surface area contributed by atoms with Gasteiger partial charge in [0.25, 0.3) is 5.56 Å². The summed E-state index contributed by atoms with van der Waals surface area (Å²) in [5, 5.41) is 1.86. The van der Waals surface area contributed by atoms with Gasteiger partial charge in [-0.25, -0.2) is 8.42 Å². The third kappa shape index (κ3) is 3.94. The number of hydrogen-bond acceptors (Lipinski definition) is 4. The van der Waals surface area contributed by atoms with Crippen LogP contribution in [-0.2, 0) is 21.4 Å². The maximum atomic E-state index is 13.0. The molecule has 0 bridgehead atoms. The zero-order chi connectivity index (χ0) is 20.4. The van der Waals surface area contributed by atoms with Gasteiger partial charge in [-0.15, -0.1) is 0 Å². The molecule has 0 saturated carbocycles. The van der Waals surface area contributed by atoms with E-state index in [0.717, 1.165) is 10.8 Å². The van der Waals surface area contributed by atoms with Crippen molar-refractivity contribution in [3.63, 3.8) is 0 Å². The summed E-state index contributed by atoms with van der Waals surface area (Å²) in [6.07, 6.45) is 1.57. The molecule has 2 heterocycles. The summed E-state index contributed by atoms with van der Waals surface area (Å²) in [6, 6.07) is 17.5. The molecule has 7 nitrogen and oxygen atoms in total. The highest BCUT2D eigenvalue weighted by Gasteiger charge is 2.30. The molecule has 0 unspecified atom stereocenters. The van der Waals surface area contributed by atoms with Crippen molar-refractivity contribution in [3.05, 3.63) is 77.2 Å². The fourth-order valence-corrected chi connectivity index (χ4v) is 4.95. The average Bonchev–Trinajstić information content (AvgIpc) is 2.75. The van der Waals surface area contributed by atoms with Crippen molar-refractivity contribution in [1.29, 1.82) is 0 Å². The van der Waals surface area contributed by atoms with Crippen LogP contribution in [0.4, 0.5) is 0 Å². The van der Waals surface area contributed by atoms with Gasteiger partial charge in [0, 0.05) is 38.4 Å². The van der Waals surface area contributed by atoms with Gasteiger partial charge in [-0.3, -0.25) is 9.59 Å². The Balaban J connectivity index is 1.44. The van der Waals surface area contributed by atoms with Gasteiger partial charge in [-0.1, -0.05) is 36.4 Å². The van der Waals surface area contributed by atoms with E-state index in [-0.39, 0.29) is 36.0 Å². The minimum absolute atomic E-state index is 0.0445. The number of nitrogens with zero attached hydrogens (tertiary/aromatic N) is 3. The van der Waals surface area contributed by atoms with Crippen molar-refractivity contribution >= 4 is 26.7 Å². The Morgan fingerprint density at radius 2 is 1.55 bits per heavy atom. The Morgan fingerprint density at radius 1 is 0.862 bits per heavy atom. The van der Waals surface area contributed by atoms with Crippen LogP contribution in [0, 0.1) is 0 Å². The highest BCUT2D eigenvalue weighted by Crippen LogP contribution is 2.22. The van der Waals surface area contributed by atoms with Crippen molar-refractivity contribution < 1.29 is 13.2 Å². The molecular weight excluding hydrogens is 390 g/mol. The maximum Gasteiger partial charge on any atom is 0.250 e. The SMILES string of the molecule is O=C(Cn1ccccc1=O)N1CCN(S(=O)(=O)c2ccc3ccccc3c2)CC1. The van der Waals surface area contributed by atoms with Gasteiger partial charge in [0.15, 0.2) is 0 Å². The van der Waals surface area contributed by atoms with E-state index >= 15 is 0 Å². The maximum absolute atomic E-state index is 13.0. The Bertz CT molecular complexity index is 1210. The summed E-state index contributed by atoms with van der Waals surface area (Å²) in [7, 11) is -3.63. The number of hydrogen-bond donors (Lipinski definition) is 0. The topological polar surface area (TPSA) is 79.7 Å². The van der Waals surface area contributed by atoms with Crippen molar-refractivity contribution in [1.82, 2.24) is 13.8 Å². The van der Waals surface area contributed by atoms with Crippen molar-refractivity contribution in [2.75, 3.05) is 26.2 Å². The average molecular weight is 411 g/mol. The van der Waals surface area contributed by atoms with Gasteiger partial charge in [0.1, 0.15) is 6.54 Å². The van der Waals surface area contributed by atoms with Crippen molar-refractivity contribution in [2.24, 2.45) is 0 Å². The van der Waals surface area contributed by atoms with Gasteiger partial charge < -0.3 is 9.47 Å². The molecule has 1 amide bonds. The van der Waals surface area contributed by atoms with E-state index in [0.29, 0.717) is 13.1 Å². The number of carbonyl (C=O) groups excluding carboxylic acids is 1. The molecule has 150 valence electrons. The number of piperazine rings is 1.